The minimum Gasteiger partial charge on any atom is -0.326 e. The van der Waals surface area contributed by atoms with Crippen molar-refractivity contribution in [2.75, 3.05) is 11.9 Å². The summed E-state index contributed by atoms with van der Waals surface area (Å²) in [6, 6.07) is 8.83. The van der Waals surface area contributed by atoms with Crippen LogP contribution in [0.4, 0.5) is 10.1 Å². The zero-order valence-corrected chi connectivity index (χ0v) is 15.3. The monoisotopic (exact) mass is 384 g/mol. The van der Waals surface area contributed by atoms with E-state index in [4.69, 9.17) is 11.6 Å². The summed E-state index contributed by atoms with van der Waals surface area (Å²) in [7, 11) is -3.69. The third kappa shape index (κ3) is 5.26. The predicted molar refractivity (Wildman–Crippen MR) is 95.8 cm³/mol. The molecule has 0 unspecified atom stereocenters. The molecular formula is C17H18ClFN2O3S. The molecule has 0 saturated heterocycles. The molecule has 0 aliphatic carbocycles. The molecule has 2 aromatic rings. The second-order valence-electron chi connectivity index (χ2n) is 5.59. The number of carbonyl (C=O) groups is 1. The molecule has 1 amide bonds. The van der Waals surface area contributed by atoms with Crippen molar-refractivity contribution in [3.8, 4) is 0 Å². The van der Waals surface area contributed by atoms with Crippen molar-refractivity contribution in [2.24, 2.45) is 0 Å². The number of anilines is 1. The van der Waals surface area contributed by atoms with E-state index in [1.54, 1.807) is 19.1 Å². The normalized spacial score (nSPS) is 11.4. The first-order chi connectivity index (χ1) is 11.7. The molecule has 0 fully saturated rings. The molecule has 134 valence electrons. The highest BCUT2D eigenvalue weighted by Gasteiger charge is 2.16. The second-order valence-corrected chi connectivity index (χ2v) is 7.74. The minimum absolute atomic E-state index is 0.0591. The molecule has 5 nitrogen and oxygen atoms in total. The molecule has 2 rings (SSSR count). The molecule has 0 aliphatic rings. The van der Waals surface area contributed by atoms with Crippen LogP contribution in [0.1, 0.15) is 17.5 Å². The van der Waals surface area contributed by atoms with Crippen molar-refractivity contribution in [2.45, 2.75) is 25.2 Å². The van der Waals surface area contributed by atoms with Gasteiger partial charge in [-0.15, -0.1) is 0 Å². The molecule has 8 heteroatoms. The van der Waals surface area contributed by atoms with Crippen molar-refractivity contribution in [3.05, 3.63) is 58.4 Å². The van der Waals surface area contributed by atoms with Gasteiger partial charge in [0.15, 0.2) is 0 Å². The topological polar surface area (TPSA) is 75.3 Å². The van der Waals surface area contributed by atoms with Crippen LogP contribution in [-0.4, -0.2) is 20.9 Å². The molecule has 0 aliphatic heterocycles. The molecule has 0 aromatic heterocycles. The van der Waals surface area contributed by atoms with Crippen molar-refractivity contribution in [1.29, 1.82) is 0 Å². The van der Waals surface area contributed by atoms with Gasteiger partial charge in [-0.1, -0.05) is 29.3 Å². The molecule has 0 bridgehead atoms. The molecule has 2 aromatic carbocycles. The van der Waals surface area contributed by atoms with E-state index in [2.05, 4.69) is 10.0 Å². The average molecular weight is 385 g/mol. The van der Waals surface area contributed by atoms with Crippen LogP contribution in [0.2, 0.25) is 5.02 Å². The van der Waals surface area contributed by atoms with Crippen molar-refractivity contribution < 1.29 is 17.6 Å². The van der Waals surface area contributed by atoms with Gasteiger partial charge in [-0.2, -0.15) is 0 Å². The summed E-state index contributed by atoms with van der Waals surface area (Å²) in [5.41, 5.74) is 1.94. The lowest BCUT2D eigenvalue weighted by Gasteiger charge is -2.10. The second kappa shape index (κ2) is 7.95. The van der Waals surface area contributed by atoms with Crippen LogP contribution >= 0.6 is 11.6 Å². The van der Waals surface area contributed by atoms with E-state index in [1.165, 1.54) is 18.2 Å². The zero-order chi connectivity index (χ0) is 18.6. The fourth-order valence-corrected chi connectivity index (χ4v) is 3.71. The maximum Gasteiger partial charge on any atom is 0.240 e. The summed E-state index contributed by atoms with van der Waals surface area (Å²) in [6.07, 6.45) is -0.0703. The third-order valence-electron chi connectivity index (χ3n) is 3.47. The Labute approximate surface area is 151 Å². The summed E-state index contributed by atoms with van der Waals surface area (Å²) >= 11 is 5.64. The Hall–Kier alpha value is -1.96. The van der Waals surface area contributed by atoms with Gasteiger partial charge in [0.25, 0.3) is 0 Å². The van der Waals surface area contributed by atoms with E-state index in [0.29, 0.717) is 11.3 Å². The maximum atomic E-state index is 13.1. The quantitative estimate of drug-likeness (QED) is 0.801. The van der Waals surface area contributed by atoms with Crippen LogP contribution < -0.4 is 10.0 Å². The number of rotatable bonds is 6. The number of hydrogen-bond donors (Lipinski definition) is 2. The van der Waals surface area contributed by atoms with Crippen molar-refractivity contribution in [1.82, 2.24) is 4.72 Å². The van der Waals surface area contributed by atoms with Crippen LogP contribution in [0.5, 0.6) is 0 Å². The summed E-state index contributed by atoms with van der Waals surface area (Å²) in [6.45, 7) is 3.53. The summed E-state index contributed by atoms with van der Waals surface area (Å²) in [4.78, 5) is 12.0. The summed E-state index contributed by atoms with van der Waals surface area (Å²) < 4.78 is 40.0. The number of hydrogen-bond acceptors (Lipinski definition) is 3. The van der Waals surface area contributed by atoms with Crippen molar-refractivity contribution >= 4 is 33.2 Å². The Morgan fingerprint density at radius 2 is 1.88 bits per heavy atom. The van der Waals surface area contributed by atoms with Crippen LogP contribution in [0.25, 0.3) is 0 Å². The predicted octanol–water partition coefficient (Wildman–Crippen LogP) is 3.40. The highest BCUT2D eigenvalue weighted by molar-refractivity contribution is 7.89. The first kappa shape index (κ1) is 19.4. The van der Waals surface area contributed by atoms with Crippen molar-refractivity contribution in [3.63, 3.8) is 0 Å². The summed E-state index contributed by atoms with van der Waals surface area (Å²) in [5, 5.41) is 2.43. The number of amides is 1. The maximum absolute atomic E-state index is 13.1. The number of benzene rings is 2. The Kier molecular flexibility index (Phi) is 6.16. The number of nitrogens with one attached hydrogen (secondary N) is 2. The van der Waals surface area contributed by atoms with Gasteiger partial charge in [-0.25, -0.2) is 17.5 Å². The minimum atomic E-state index is -3.69. The fourth-order valence-electron chi connectivity index (χ4n) is 2.27. The standard InChI is InChI=1S/C17H18ClFN2O3S/c1-11-3-6-16(12(2)9-11)25(23,24)20-8-7-17(22)21-13-4-5-15(19)14(18)10-13/h3-6,9-10,20H,7-8H2,1-2H3,(H,21,22). The smallest absolute Gasteiger partial charge is 0.240 e. The molecule has 0 heterocycles. The Bertz CT molecular complexity index is 901. The molecule has 0 radical (unpaired) electrons. The Morgan fingerprint density at radius 1 is 1.16 bits per heavy atom. The first-order valence-electron chi connectivity index (χ1n) is 7.51. The number of sulfonamides is 1. The van der Waals surface area contributed by atoms with Gasteiger partial charge < -0.3 is 5.32 Å². The van der Waals surface area contributed by atoms with Crippen LogP contribution in [0.3, 0.4) is 0 Å². The van der Waals surface area contributed by atoms with Gasteiger partial charge in [-0.05, 0) is 43.7 Å². The van der Waals surface area contributed by atoms with E-state index in [0.717, 1.165) is 11.6 Å². The molecular weight excluding hydrogens is 367 g/mol. The average Bonchev–Trinajstić information content (AvgIpc) is 2.50. The van der Waals surface area contributed by atoms with Gasteiger partial charge in [0.1, 0.15) is 5.82 Å². The van der Waals surface area contributed by atoms with Crippen LogP contribution in [-0.2, 0) is 14.8 Å². The largest absolute Gasteiger partial charge is 0.326 e. The van der Waals surface area contributed by atoms with E-state index in [-0.39, 0.29) is 22.9 Å². The van der Waals surface area contributed by atoms with Gasteiger partial charge in [0.2, 0.25) is 15.9 Å². The number of halogens is 2. The number of aryl methyl sites for hydroxylation is 2. The van der Waals surface area contributed by atoms with E-state index in [1.807, 2.05) is 6.92 Å². The van der Waals surface area contributed by atoms with Gasteiger partial charge in [0.05, 0.1) is 9.92 Å². The van der Waals surface area contributed by atoms with Gasteiger partial charge in [-0.3, -0.25) is 4.79 Å². The van der Waals surface area contributed by atoms with E-state index in [9.17, 15) is 17.6 Å². The zero-order valence-electron chi connectivity index (χ0n) is 13.8. The van der Waals surface area contributed by atoms with Crippen LogP contribution in [0.15, 0.2) is 41.3 Å². The SMILES string of the molecule is Cc1ccc(S(=O)(=O)NCCC(=O)Nc2ccc(F)c(Cl)c2)c(C)c1. The first-order valence-corrected chi connectivity index (χ1v) is 9.37. The molecule has 0 spiro atoms. The van der Waals surface area contributed by atoms with E-state index < -0.39 is 21.7 Å². The fraction of sp³-hybridized carbons (Fsp3) is 0.235. The lowest BCUT2D eigenvalue weighted by atomic mass is 10.2. The molecule has 25 heavy (non-hydrogen) atoms. The van der Waals surface area contributed by atoms with Crippen LogP contribution in [0, 0.1) is 19.7 Å². The van der Waals surface area contributed by atoms with E-state index >= 15 is 0 Å². The third-order valence-corrected chi connectivity index (χ3v) is 5.38. The molecule has 2 N–H and O–H groups in total. The lowest BCUT2D eigenvalue weighted by molar-refractivity contribution is -0.116. The highest BCUT2D eigenvalue weighted by Crippen LogP contribution is 2.19. The molecule has 0 saturated carbocycles. The Balaban J connectivity index is 1.92. The summed E-state index contributed by atoms with van der Waals surface area (Å²) in [5.74, 6) is -0.994. The lowest BCUT2D eigenvalue weighted by Crippen LogP contribution is -2.28. The van der Waals surface area contributed by atoms with Gasteiger partial charge >= 0.3 is 0 Å². The number of carbonyl (C=O) groups excluding carboxylic acids is 1. The Morgan fingerprint density at radius 3 is 2.52 bits per heavy atom. The highest BCUT2D eigenvalue weighted by atomic mass is 35.5. The molecule has 0 atom stereocenters. The van der Waals surface area contributed by atoms with Gasteiger partial charge in [0, 0.05) is 18.7 Å².